The molecule has 198 valence electrons. The first-order valence-electron chi connectivity index (χ1n) is 11.8. The molecule has 0 saturated carbocycles. The minimum atomic E-state index is -0.810. The normalized spacial score (nSPS) is 16.0. The first-order chi connectivity index (χ1) is 16.0. The maximum Gasteiger partial charge on any atom is 0.329 e. The Hall–Kier alpha value is -1.81. The van der Waals surface area contributed by atoms with Crippen molar-refractivity contribution in [2.75, 3.05) is 25.4 Å². The lowest BCUT2D eigenvalue weighted by atomic mass is 9.84. The number of allylic oxidation sites excluding steroid dienone is 1. The number of ether oxygens (including phenoxy) is 1. The summed E-state index contributed by atoms with van der Waals surface area (Å²) in [5.74, 6) is -1.72. The Balaban J connectivity index is -0.000000878. The van der Waals surface area contributed by atoms with Crippen LogP contribution in [0.5, 0.6) is 0 Å². The average Bonchev–Trinajstić information content (AvgIpc) is 2.86. The number of rotatable bonds is 9. The number of nitrogens with zero attached hydrogens (tertiary/aromatic N) is 2. The third-order valence-electron chi connectivity index (χ3n) is 5.03. The number of esters is 1. The Labute approximate surface area is 217 Å². The lowest BCUT2D eigenvalue weighted by Crippen LogP contribution is -2.53. The van der Waals surface area contributed by atoms with Crippen molar-refractivity contribution in [3.63, 3.8) is 0 Å². The number of amides is 2. The molecule has 1 saturated heterocycles. The molecule has 0 aromatic rings. The molecule has 0 aromatic carbocycles. The van der Waals surface area contributed by atoms with Crippen LogP contribution in [0.15, 0.2) is 16.1 Å². The molecule has 1 aliphatic rings. The zero-order valence-electron chi connectivity index (χ0n) is 21.7. The number of hydrogen-bond acceptors (Lipinski definition) is 8. The molecule has 1 aliphatic heterocycles. The van der Waals surface area contributed by atoms with Crippen molar-refractivity contribution < 1.29 is 25.3 Å². The van der Waals surface area contributed by atoms with Crippen molar-refractivity contribution in [2.24, 2.45) is 10.4 Å². The largest absolute Gasteiger partial charge is 0.454 e. The number of nitrogens with one attached hydrogen (secondary N) is 1. The number of aliphatic imine (C=N–C) groups is 1. The second-order valence-corrected chi connectivity index (χ2v) is 8.70. The van der Waals surface area contributed by atoms with Crippen molar-refractivity contribution in [2.45, 2.75) is 80.2 Å². The van der Waals surface area contributed by atoms with Gasteiger partial charge < -0.3 is 15.0 Å². The molecule has 10 heteroatoms. The summed E-state index contributed by atoms with van der Waals surface area (Å²) in [6.07, 6.45) is 6.01. The monoisotopic (exact) mass is 519 g/mol. The summed E-state index contributed by atoms with van der Waals surface area (Å²) >= 11 is 7.95. The van der Waals surface area contributed by atoms with Crippen LogP contribution in [-0.2, 0) is 23.9 Å². The third kappa shape index (κ3) is 13.2. The number of piperidine rings is 1. The van der Waals surface area contributed by atoms with Crippen molar-refractivity contribution in [1.82, 2.24) is 10.2 Å². The van der Waals surface area contributed by atoms with Crippen LogP contribution in [0.25, 0.3) is 0 Å². The summed E-state index contributed by atoms with van der Waals surface area (Å²) < 4.78 is 5.03. The van der Waals surface area contributed by atoms with E-state index in [0.717, 1.165) is 17.9 Å². The van der Waals surface area contributed by atoms with Gasteiger partial charge >= 0.3 is 5.97 Å². The zero-order chi connectivity index (χ0) is 26.7. The Kier molecular flexibility index (Phi) is 19.7. The van der Waals surface area contributed by atoms with Gasteiger partial charge in [0.2, 0.25) is 5.78 Å². The Morgan fingerprint density at radius 1 is 1.21 bits per heavy atom. The molecule has 1 N–H and O–H groups in total. The highest BCUT2D eigenvalue weighted by atomic mass is 32.1. The van der Waals surface area contributed by atoms with E-state index in [-0.39, 0.29) is 1.43 Å². The third-order valence-corrected chi connectivity index (χ3v) is 5.62. The van der Waals surface area contributed by atoms with Gasteiger partial charge in [-0.3, -0.25) is 19.4 Å². The zero-order valence-corrected chi connectivity index (χ0v) is 23.5. The minimum Gasteiger partial charge on any atom is -0.454 e. The van der Waals surface area contributed by atoms with Gasteiger partial charge in [-0.25, -0.2) is 4.79 Å². The fourth-order valence-electron chi connectivity index (χ4n) is 2.69. The van der Waals surface area contributed by atoms with Gasteiger partial charge in [-0.05, 0) is 39.5 Å². The molecule has 1 heterocycles. The summed E-state index contributed by atoms with van der Waals surface area (Å²) in [5.41, 5.74) is -0.768. The van der Waals surface area contributed by atoms with Crippen molar-refractivity contribution in [3.8, 4) is 0 Å². The van der Waals surface area contributed by atoms with E-state index >= 15 is 0 Å². The van der Waals surface area contributed by atoms with E-state index in [9.17, 15) is 19.2 Å². The standard InChI is InChI=1S/C17H28N2O5S.C5H9NS.C2H6.H2/c1-4-17(2,3)14(21)15(22)19-9-6-5-7-12(19)16(23)24-11-13(20)18-8-10-25;1-3-5(7)6-4-2;1-2;/h12,25H,4-11H2,1-3H3,(H,18,20);3-4,7H,1-2H3;1-2H3;1H/b;5-3+,6-4-;;/t12-;;;/m0.../s1. The van der Waals surface area contributed by atoms with Crippen LogP contribution in [0.4, 0.5) is 0 Å². The molecule has 1 fully saturated rings. The van der Waals surface area contributed by atoms with Gasteiger partial charge in [-0.2, -0.15) is 12.6 Å². The molecule has 0 unspecified atom stereocenters. The van der Waals surface area contributed by atoms with Crippen LogP contribution < -0.4 is 5.32 Å². The molecule has 0 aromatic heterocycles. The molecular weight excluding hydrogens is 474 g/mol. The van der Waals surface area contributed by atoms with Crippen LogP contribution in [0.3, 0.4) is 0 Å². The fraction of sp³-hybridized carbons (Fsp3) is 0.708. The van der Waals surface area contributed by atoms with Crippen LogP contribution in [0.1, 0.15) is 75.6 Å². The molecule has 34 heavy (non-hydrogen) atoms. The number of Topliss-reactive ketones (excluding diaryl/α,β-unsaturated/α-hetero) is 1. The van der Waals surface area contributed by atoms with Crippen molar-refractivity contribution in [1.29, 1.82) is 0 Å². The first-order valence-corrected chi connectivity index (χ1v) is 12.9. The molecule has 0 aliphatic carbocycles. The average molecular weight is 520 g/mol. The van der Waals surface area contributed by atoms with Crippen LogP contribution in [0.2, 0.25) is 0 Å². The predicted molar refractivity (Wildman–Crippen MR) is 147 cm³/mol. The van der Waals surface area contributed by atoms with Gasteiger partial charge in [0, 0.05) is 31.9 Å². The van der Waals surface area contributed by atoms with Crippen LogP contribution in [0, 0.1) is 5.41 Å². The van der Waals surface area contributed by atoms with Crippen molar-refractivity contribution >= 4 is 55.0 Å². The second kappa shape index (κ2) is 19.5. The Bertz CT molecular complexity index is 715. The SMILES string of the molecule is C/C=N\C(S)=C/C.CC.CCC(C)(C)C(=O)C(=O)N1CCCC[C@H]1C(=O)OCC(=O)NCCS.[HH]. The second-order valence-electron chi connectivity index (χ2n) is 7.79. The molecular formula is C24H45N3O5S2. The molecule has 0 radical (unpaired) electrons. The summed E-state index contributed by atoms with van der Waals surface area (Å²) in [6, 6.07) is -0.810. The molecule has 1 rings (SSSR count). The highest BCUT2D eigenvalue weighted by molar-refractivity contribution is 7.84. The van der Waals surface area contributed by atoms with Crippen LogP contribution in [-0.4, -0.2) is 66.2 Å². The number of hydrogen-bond donors (Lipinski definition) is 3. The van der Waals surface area contributed by atoms with Gasteiger partial charge in [0.1, 0.15) is 6.04 Å². The summed E-state index contributed by atoms with van der Waals surface area (Å²) in [4.78, 5) is 54.0. The Morgan fingerprint density at radius 3 is 2.29 bits per heavy atom. The van der Waals surface area contributed by atoms with E-state index in [1.54, 1.807) is 20.1 Å². The minimum absolute atomic E-state index is 0. The van der Waals surface area contributed by atoms with Crippen LogP contribution >= 0.6 is 25.3 Å². The topological polar surface area (TPSA) is 105 Å². The fourth-order valence-corrected chi connectivity index (χ4v) is 2.91. The summed E-state index contributed by atoms with van der Waals surface area (Å²) in [7, 11) is 0. The van der Waals surface area contributed by atoms with E-state index in [2.05, 4.69) is 35.6 Å². The molecule has 8 nitrogen and oxygen atoms in total. The molecule has 0 spiro atoms. The first kappa shape index (κ1) is 34.4. The number of carbonyl (C=O) groups is 4. The lowest BCUT2D eigenvalue weighted by molar-refractivity contribution is -0.162. The molecule has 2 amide bonds. The van der Waals surface area contributed by atoms with E-state index in [0.29, 0.717) is 31.7 Å². The smallest absolute Gasteiger partial charge is 0.329 e. The van der Waals surface area contributed by atoms with Gasteiger partial charge in [-0.15, -0.1) is 12.6 Å². The van der Waals surface area contributed by atoms with E-state index in [1.165, 1.54) is 4.90 Å². The number of carbonyl (C=O) groups excluding carboxylic acids is 4. The van der Waals surface area contributed by atoms with E-state index in [1.807, 2.05) is 40.7 Å². The number of ketones is 1. The lowest BCUT2D eigenvalue weighted by Gasteiger charge is -2.35. The predicted octanol–water partition coefficient (Wildman–Crippen LogP) is 4.10. The van der Waals surface area contributed by atoms with E-state index < -0.39 is 41.6 Å². The quantitative estimate of drug-likeness (QED) is 0.184. The van der Waals surface area contributed by atoms with Gasteiger partial charge in [-0.1, -0.05) is 40.7 Å². The van der Waals surface area contributed by atoms with Gasteiger partial charge in [0.15, 0.2) is 6.61 Å². The van der Waals surface area contributed by atoms with Gasteiger partial charge in [0.25, 0.3) is 11.8 Å². The Morgan fingerprint density at radius 2 is 1.82 bits per heavy atom. The van der Waals surface area contributed by atoms with E-state index in [4.69, 9.17) is 4.74 Å². The highest BCUT2D eigenvalue weighted by Gasteiger charge is 2.40. The summed E-state index contributed by atoms with van der Waals surface area (Å²) in [5, 5.41) is 3.31. The number of likely N-dealkylation sites (tertiary alicyclic amines) is 1. The maximum absolute atomic E-state index is 12.6. The van der Waals surface area contributed by atoms with Gasteiger partial charge in [0.05, 0.1) is 5.03 Å². The molecule has 1 atom stereocenters. The number of thiol groups is 2. The van der Waals surface area contributed by atoms with Crippen molar-refractivity contribution in [3.05, 3.63) is 11.1 Å². The highest BCUT2D eigenvalue weighted by Crippen LogP contribution is 2.25. The molecule has 0 bridgehead atoms. The maximum atomic E-state index is 12.6. The summed E-state index contributed by atoms with van der Waals surface area (Å²) in [6.45, 7) is 13.4.